The molecule has 0 aliphatic carbocycles. The quantitative estimate of drug-likeness (QED) is 0.753. The maximum Gasteiger partial charge on any atom is 0.248 e. The molecule has 0 unspecified atom stereocenters. The Morgan fingerprint density at radius 2 is 2.08 bits per heavy atom. The number of piperidine rings is 1. The third-order valence-corrected chi connectivity index (χ3v) is 7.35. The summed E-state index contributed by atoms with van der Waals surface area (Å²) in [4.78, 5) is 14.0. The number of carbonyl (C=O) groups excluding carboxylic acids is 1. The van der Waals surface area contributed by atoms with Gasteiger partial charge < -0.3 is 14.5 Å². The SMILES string of the molecule is CC[C@H]1CN(S(=O)(=O)c2c(C)noc2C)CC[C@H]1CC(=O)N(C)CCO. The summed E-state index contributed by atoms with van der Waals surface area (Å²) in [5.41, 5.74) is 0.374. The molecule has 26 heavy (non-hydrogen) atoms. The molecule has 2 atom stereocenters. The van der Waals surface area contributed by atoms with Crippen LogP contribution in [0.25, 0.3) is 0 Å². The standard InChI is InChI=1S/C17H29N3O5S/c1-5-14-11-20(26(23,24)17-12(2)18-25-13(17)3)7-6-15(14)10-16(22)19(4)8-9-21/h14-15,21H,5-11H2,1-4H3/t14-,15-/m0/s1. The van der Waals surface area contributed by atoms with Crippen LogP contribution in [0.3, 0.4) is 0 Å². The highest BCUT2D eigenvalue weighted by atomic mass is 32.2. The number of aliphatic hydroxyl groups excluding tert-OH is 1. The van der Waals surface area contributed by atoms with Crippen LogP contribution in [0.1, 0.15) is 37.6 Å². The summed E-state index contributed by atoms with van der Waals surface area (Å²) in [5.74, 6) is 0.554. The summed E-state index contributed by atoms with van der Waals surface area (Å²) in [6.07, 6.45) is 1.82. The van der Waals surface area contributed by atoms with Gasteiger partial charge in [-0.25, -0.2) is 8.42 Å². The maximum atomic E-state index is 13.0. The molecule has 1 fully saturated rings. The van der Waals surface area contributed by atoms with Crippen molar-refractivity contribution in [3.8, 4) is 0 Å². The lowest BCUT2D eigenvalue weighted by molar-refractivity contribution is -0.132. The van der Waals surface area contributed by atoms with Gasteiger partial charge in [0, 0.05) is 33.1 Å². The van der Waals surface area contributed by atoms with Crippen molar-refractivity contribution < 1.29 is 22.8 Å². The van der Waals surface area contributed by atoms with E-state index in [1.54, 1.807) is 20.9 Å². The third-order valence-electron chi connectivity index (χ3n) is 5.24. The largest absolute Gasteiger partial charge is 0.395 e. The molecule has 1 saturated heterocycles. The Morgan fingerprint density at radius 1 is 1.38 bits per heavy atom. The van der Waals surface area contributed by atoms with Crippen LogP contribution in [0.5, 0.6) is 0 Å². The first-order valence-electron chi connectivity index (χ1n) is 9.00. The smallest absolute Gasteiger partial charge is 0.248 e. The Bertz CT molecular complexity index is 711. The molecule has 0 spiro atoms. The number of aliphatic hydroxyl groups is 1. The van der Waals surface area contributed by atoms with Gasteiger partial charge in [0.15, 0.2) is 5.76 Å². The topological polar surface area (TPSA) is 104 Å². The molecule has 0 bridgehead atoms. The van der Waals surface area contributed by atoms with Crippen molar-refractivity contribution in [3.63, 3.8) is 0 Å². The fourth-order valence-electron chi connectivity index (χ4n) is 3.62. The summed E-state index contributed by atoms with van der Waals surface area (Å²) in [5, 5.41) is 12.7. The van der Waals surface area contributed by atoms with E-state index in [9.17, 15) is 13.2 Å². The summed E-state index contributed by atoms with van der Waals surface area (Å²) >= 11 is 0. The van der Waals surface area contributed by atoms with Gasteiger partial charge in [0.1, 0.15) is 10.6 Å². The number of nitrogens with zero attached hydrogens (tertiary/aromatic N) is 3. The first-order valence-corrected chi connectivity index (χ1v) is 10.4. The van der Waals surface area contributed by atoms with Crippen LogP contribution in [0.4, 0.5) is 0 Å². The van der Waals surface area contributed by atoms with Crippen molar-refractivity contribution in [2.75, 3.05) is 33.3 Å². The number of rotatable bonds is 7. The number of aromatic nitrogens is 1. The van der Waals surface area contributed by atoms with Crippen molar-refractivity contribution in [1.29, 1.82) is 0 Å². The van der Waals surface area contributed by atoms with Crippen LogP contribution in [-0.2, 0) is 14.8 Å². The minimum atomic E-state index is -3.65. The Hall–Kier alpha value is -1.45. The molecule has 0 aromatic carbocycles. The Kier molecular flexibility index (Phi) is 6.81. The van der Waals surface area contributed by atoms with Crippen LogP contribution in [0, 0.1) is 25.7 Å². The van der Waals surface area contributed by atoms with E-state index in [0.717, 1.165) is 6.42 Å². The first-order chi connectivity index (χ1) is 12.2. The summed E-state index contributed by atoms with van der Waals surface area (Å²) < 4.78 is 32.5. The summed E-state index contributed by atoms with van der Waals surface area (Å²) in [6.45, 7) is 6.28. The monoisotopic (exact) mass is 387 g/mol. The van der Waals surface area contributed by atoms with Crippen LogP contribution in [0.2, 0.25) is 0 Å². The highest BCUT2D eigenvalue weighted by Gasteiger charge is 2.38. The van der Waals surface area contributed by atoms with E-state index in [1.165, 1.54) is 9.21 Å². The number of amides is 1. The van der Waals surface area contributed by atoms with Crippen molar-refractivity contribution in [2.24, 2.45) is 11.8 Å². The minimum absolute atomic E-state index is 0.00969. The van der Waals surface area contributed by atoms with Crippen molar-refractivity contribution in [1.82, 2.24) is 14.4 Å². The molecular formula is C17H29N3O5S. The lowest BCUT2D eigenvalue weighted by atomic mass is 9.82. The number of likely N-dealkylation sites (N-methyl/N-ethyl adjacent to an activating group) is 1. The van der Waals surface area contributed by atoms with Gasteiger partial charge in [0.2, 0.25) is 15.9 Å². The molecule has 0 radical (unpaired) electrons. The van der Waals surface area contributed by atoms with E-state index in [0.29, 0.717) is 43.9 Å². The molecule has 2 heterocycles. The highest BCUT2D eigenvalue weighted by Crippen LogP contribution is 2.33. The lowest BCUT2D eigenvalue weighted by Crippen LogP contribution is -2.45. The van der Waals surface area contributed by atoms with Crippen LogP contribution < -0.4 is 0 Å². The predicted octanol–water partition coefficient (Wildman–Crippen LogP) is 1.17. The lowest BCUT2D eigenvalue weighted by Gasteiger charge is -2.37. The molecule has 148 valence electrons. The third kappa shape index (κ3) is 4.27. The molecule has 2 rings (SSSR count). The van der Waals surface area contributed by atoms with Crippen molar-refractivity contribution >= 4 is 15.9 Å². The summed E-state index contributed by atoms with van der Waals surface area (Å²) in [6, 6.07) is 0. The Balaban J connectivity index is 2.11. The average molecular weight is 388 g/mol. The van der Waals surface area contributed by atoms with E-state index in [1.807, 2.05) is 6.92 Å². The van der Waals surface area contributed by atoms with Gasteiger partial charge in [0.25, 0.3) is 0 Å². The molecule has 1 aromatic rings. The second-order valence-electron chi connectivity index (χ2n) is 6.98. The Labute approximate surface area is 155 Å². The number of hydrogen-bond donors (Lipinski definition) is 1. The number of carbonyl (C=O) groups is 1. The minimum Gasteiger partial charge on any atom is -0.395 e. The van der Waals surface area contributed by atoms with Gasteiger partial charge >= 0.3 is 0 Å². The zero-order chi connectivity index (χ0) is 19.5. The van der Waals surface area contributed by atoms with Crippen molar-refractivity contribution in [2.45, 2.75) is 44.9 Å². The van der Waals surface area contributed by atoms with Gasteiger partial charge in [-0.05, 0) is 32.1 Å². The van der Waals surface area contributed by atoms with Gasteiger partial charge in [-0.2, -0.15) is 4.31 Å². The van der Waals surface area contributed by atoms with Crippen molar-refractivity contribution in [3.05, 3.63) is 11.5 Å². The molecule has 1 aliphatic rings. The fourth-order valence-corrected chi connectivity index (χ4v) is 5.43. The molecular weight excluding hydrogens is 358 g/mol. The second-order valence-corrected chi connectivity index (χ2v) is 8.85. The summed E-state index contributed by atoms with van der Waals surface area (Å²) in [7, 11) is -1.97. The van der Waals surface area contributed by atoms with Gasteiger partial charge in [-0.3, -0.25) is 4.79 Å². The molecule has 0 saturated carbocycles. The fraction of sp³-hybridized carbons (Fsp3) is 0.765. The molecule has 1 aromatic heterocycles. The van der Waals surface area contributed by atoms with E-state index >= 15 is 0 Å². The normalized spacial score (nSPS) is 21.7. The zero-order valence-corrected chi connectivity index (χ0v) is 16.8. The van der Waals surface area contributed by atoms with Gasteiger partial charge in [-0.1, -0.05) is 18.5 Å². The highest BCUT2D eigenvalue weighted by molar-refractivity contribution is 7.89. The Morgan fingerprint density at radius 3 is 2.62 bits per heavy atom. The molecule has 1 N–H and O–H groups in total. The number of sulfonamides is 1. The number of aryl methyl sites for hydroxylation is 2. The van der Waals surface area contributed by atoms with Crippen LogP contribution >= 0.6 is 0 Å². The predicted molar refractivity (Wildman–Crippen MR) is 96.0 cm³/mol. The van der Waals surface area contributed by atoms with Gasteiger partial charge in [-0.15, -0.1) is 0 Å². The molecule has 9 heteroatoms. The molecule has 8 nitrogen and oxygen atoms in total. The van der Waals surface area contributed by atoms with Crippen LogP contribution in [-0.4, -0.2) is 67.1 Å². The van der Waals surface area contributed by atoms with Crippen LogP contribution in [0.15, 0.2) is 9.42 Å². The maximum absolute atomic E-state index is 13.0. The first kappa shape index (κ1) is 20.9. The average Bonchev–Trinajstić information content (AvgIpc) is 2.94. The molecule has 1 amide bonds. The zero-order valence-electron chi connectivity index (χ0n) is 15.9. The van der Waals surface area contributed by atoms with E-state index in [4.69, 9.17) is 9.63 Å². The second kappa shape index (κ2) is 8.49. The molecule has 1 aliphatic heterocycles. The van der Waals surface area contributed by atoms with Gasteiger partial charge in [0.05, 0.1) is 6.61 Å². The van der Waals surface area contributed by atoms with E-state index in [-0.39, 0.29) is 29.2 Å². The van der Waals surface area contributed by atoms with E-state index < -0.39 is 10.0 Å². The van der Waals surface area contributed by atoms with E-state index in [2.05, 4.69) is 5.16 Å². The number of hydrogen-bond acceptors (Lipinski definition) is 6.